The minimum absolute atomic E-state index is 0.143. The van der Waals surface area contributed by atoms with Crippen molar-refractivity contribution in [3.63, 3.8) is 0 Å². The summed E-state index contributed by atoms with van der Waals surface area (Å²) < 4.78 is 24.5. The topological polar surface area (TPSA) is 37.3 Å². The minimum atomic E-state index is -2.56. The van der Waals surface area contributed by atoms with Crippen LogP contribution in [0.2, 0.25) is 0 Å². The lowest BCUT2D eigenvalue weighted by atomic mass is 9.99. The van der Waals surface area contributed by atoms with Gasteiger partial charge in [-0.05, 0) is 18.6 Å². The van der Waals surface area contributed by atoms with E-state index < -0.39 is 18.3 Å². The quantitative estimate of drug-likeness (QED) is 0.814. The maximum absolute atomic E-state index is 12.3. The van der Waals surface area contributed by atoms with Crippen molar-refractivity contribution in [2.75, 3.05) is 0 Å². The Labute approximate surface area is 80.2 Å². The number of hydrogen-bond donors (Lipinski definition) is 1. The second-order valence-corrected chi connectivity index (χ2v) is 3.03. The van der Waals surface area contributed by atoms with E-state index in [1.165, 1.54) is 31.2 Å². The van der Waals surface area contributed by atoms with Gasteiger partial charge in [-0.2, -0.15) is 0 Å². The molecular formula is C10H10F2O2. The van der Waals surface area contributed by atoms with Crippen molar-refractivity contribution in [3.05, 3.63) is 35.4 Å². The molecule has 0 saturated heterocycles. The molecule has 0 radical (unpaired) electrons. The molecule has 1 N–H and O–H groups in total. The molecule has 0 fully saturated rings. The largest absolute Gasteiger partial charge is 0.481 e. The number of carboxylic acids is 1. The van der Waals surface area contributed by atoms with Gasteiger partial charge in [0.05, 0.1) is 5.92 Å². The zero-order chi connectivity index (χ0) is 10.7. The van der Waals surface area contributed by atoms with E-state index in [9.17, 15) is 13.6 Å². The van der Waals surface area contributed by atoms with Crippen LogP contribution in [0.4, 0.5) is 8.78 Å². The second kappa shape index (κ2) is 4.17. The first-order valence-electron chi connectivity index (χ1n) is 4.13. The minimum Gasteiger partial charge on any atom is -0.481 e. The number of halogens is 2. The number of carbonyl (C=O) groups is 1. The van der Waals surface area contributed by atoms with Gasteiger partial charge in [-0.25, -0.2) is 8.78 Å². The van der Waals surface area contributed by atoms with Gasteiger partial charge in [0.1, 0.15) is 0 Å². The normalized spacial score (nSPS) is 12.9. The van der Waals surface area contributed by atoms with Crippen molar-refractivity contribution in [2.45, 2.75) is 19.3 Å². The molecule has 14 heavy (non-hydrogen) atoms. The first-order valence-corrected chi connectivity index (χ1v) is 4.13. The molecular weight excluding hydrogens is 190 g/mol. The van der Waals surface area contributed by atoms with Crippen molar-refractivity contribution in [3.8, 4) is 0 Å². The van der Waals surface area contributed by atoms with Crippen molar-refractivity contribution < 1.29 is 18.7 Å². The molecule has 0 amide bonds. The molecule has 1 rings (SSSR count). The zero-order valence-corrected chi connectivity index (χ0v) is 7.58. The summed E-state index contributed by atoms with van der Waals surface area (Å²) in [5.41, 5.74) is 0.255. The summed E-state index contributed by atoms with van der Waals surface area (Å²) in [5.74, 6) is -1.77. The number of alkyl halides is 2. The van der Waals surface area contributed by atoms with Crippen LogP contribution < -0.4 is 0 Å². The SMILES string of the molecule is CC(C(=O)O)c1cccc(C(F)F)c1. The third kappa shape index (κ3) is 2.28. The lowest BCUT2D eigenvalue weighted by Crippen LogP contribution is -2.07. The predicted octanol–water partition coefficient (Wildman–Crippen LogP) is 2.81. The molecule has 0 aromatic heterocycles. The Balaban J connectivity index is 2.99. The molecule has 1 aromatic carbocycles. The van der Waals surface area contributed by atoms with E-state index in [4.69, 9.17) is 5.11 Å². The Bertz CT molecular complexity index is 337. The van der Waals surface area contributed by atoms with Gasteiger partial charge in [0.15, 0.2) is 0 Å². The molecule has 0 saturated carbocycles. The van der Waals surface area contributed by atoms with Crippen LogP contribution in [-0.4, -0.2) is 11.1 Å². The fourth-order valence-corrected chi connectivity index (χ4v) is 1.11. The summed E-state index contributed by atoms with van der Waals surface area (Å²) >= 11 is 0. The van der Waals surface area contributed by atoms with Crippen LogP contribution in [0.1, 0.15) is 30.4 Å². The number of hydrogen-bond acceptors (Lipinski definition) is 1. The Kier molecular flexibility index (Phi) is 3.17. The number of carboxylic acid groups (broad SMARTS) is 1. The van der Waals surface area contributed by atoms with Gasteiger partial charge in [-0.3, -0.25) is 4.79 Å². The van der Waals surface area contributed by atoms with Gasteiger partial charge in [-0.15, -0.1) is 0 Å². The summed E-state index contributed by atoms with van der Waals surface area (Å²) in [7, 11) is 0. The molecule has 2 nitrogen and oxygen atoms in total. The van der Waals surface area contributed by atoms with Crippen LogP contribution in [0, 0.1) is 0 Å². The van der Waals surface area contributed by atoms with E-state index in [2.05, 4.69) is 0 Å². The predicted molar refractivity (Wildman–Crippen MR) is 47.4 cm³/mol. The van der Waals surface area contributed by atoms with Gasteiger partial charge >= 0.3 is 5.97 Å². The van der Waals surface area contributed by atoms with E-state index in [1.807, 2.05) is 0 Å². The smallest absolute Gasteiger partial charge is 0.310 e. The Morgan fingerprint density at radius 1 is 1.36 bits per heavy atom. The molecule has 0 heterocycles. The van der Waals surface area contributed by atoms with Gasteiger partial charge in [0, 0.05) is 5.56 Å². The molecule has 0 bridgehead atoms. The average Bonchev–Trinajstić information content (AvgIpc) is 2.16. The van der Waals surface area contributed by atoms with Crippen LogP contribution in [0.3, 0.4) is 0 Å². The highest BCUT2D eigenvalue weighted by Crippen LogP contribution is 2.23. The molecule has 0 aliphatic carbocycles. The van der Waals surface area contributed by atoms with Crippen LogP contribution >= 0.6 is 0 Å². The Morgan fingerprint density at radius 3 is 2.43 bits per heavy atom. The van der Waals surface area contributed by atoms with Crippen molar-refractivity contribution in [2.24, 2.45) is 0 Å². The maximum Gasteiger partial charge on any atom is 0.310 e. The molecule has 1 aromatic rings. The van der Waals surface area contributed by atoms with Crippen molar-refractivity contribution in [1.29, 1.82) is 0 Å². The van der Waals surface area contributed by atoms with Crippen LogP contribution in [0.25, 0.3) is 0 Å². The van der Waals surface area contributed by atoms with Crippen molar-refractivity contribution in [1.82, 2.24) is 0 Å². The zero-order valence-electron chi connectivity index (χ0n) is 7.58. The fourth-order valence-electron chi connectivity index (χ4n) is 1.11. The Hall–Kier alpha value is -1.45. The molecule has 4 heteroatoms. The lowest BCUT2D eigenvalue weighted by Gasteiger charge is -2.08. The van der Waals surface area contributed by atoms with E-state index in [1.54, 1.807) is 0 Å². The summed E-state index contributed by atoms with van der Waals surface area (Å²) in [6.07, 6.45) is -2.56. The standard InChI is InChI=1S/C10H10F2O2/c1-6(10(13)14)7-3-2-4-8(5-7)9(11)12/h2-6,9H,1H3,(H,13,14). The van der Waals surface area contributed by atoms with Gasteiger partial charge in [0.2, 0.25) is 0 Å². The fraction of sp³-hybridized carbons (Fsp3) is 0.300. The van der Waals surface area contributed by atoms with Crippen LogP contribution in [-0.2, 0) is 4.79 Å². The van der Waals surface area contributed by atoms with E-state index in [0.29, 0.717) is 5.56 Å². The highest BCUT2D eigenvalue weighted by atomic mass is 19.3. The molecule has 0 aliphatic heterocycles. The highest BCUT2D eigenvalue weighted by molar-refractivity contribution is 5.75. The monoisotopic (exact) mass is 200 g/mol. The lowest BCUT2D eigenvalue weighted by molar-refractivity contribution is -0.138. The summed E-state index contributed by atoms with van der Waals surface area (Å²) in [5, 5.41) is 8.68. The number of aliphatic carboxylic acids is 1. The van der Waals surface area contributed by atoms with Gasteiger partial charge < -0.3 is 5.11 Å². The van der Waals surface area contributed by atoms with Gasteiger partial charge in [0.25, 0.3) is 6.43 Å². The third-order valence-corrected chi connectivity index (χ3v) is 2.03. The van der Waals surface area contributed by atoms with E-state index >= 15 is 0 Å². The Morgan fingerprint density at radius 2 is 1.93 bits per heavy atom. The molecule has 0 aliphatic rings. The average molecular weight is 200 g/mol. The summed E-state index contributed by atoms with van der Waals surface area (Å²) in [6, 6.07) is 5.48. The highest BCUT2D eigenvalue weighted by Gasteiger charge is 2.15. The van der Waals surface area contributed by atoms with Crippen molar-refractivity contribution >= 4 is 5.97 Å². The van der Waals surface area contributed by atoms with Crippen LogP contribution in [0.5, 0.6) is 0 Å². The molecule has 0 spiro atoms. The number of rotatable bonds is 3. The first kappa shape index (κ1) is 10.6. The maximum atomic E-state index is 12.3. The third-order valence-electron chi connectivity index (χ3n) is 2.03. The first-order chi connectivity index (χ1) is 6.52. The second-order valence-electron chi connectivity index (χ2n) is 3.03. The number of benzene rings is 1. The summed E-state index contributed by atoms with van der Waals surface area (Å²) in [4.78, 5) is 10.6. The van der Waals surface area contributed by atoms with Gasteiger partial charge in [-0.1, -0.05) is 18.2 Å². The van der Waals surface area contributed by atoms with Crippen LogP contribution in [0.15, 0.2) is 24.3 Å². The molecule has 76 valence electrons. The van der Waals surface area contributed by atoms with E-state index in [0.717, 1.165) is 0 Å². The molecule has 1 atom stereocenters. The summed E-state index contributed by atoms with van der Waals surface area (Å²) in [6.45, 7) is 1.47. The molecule has 1 unspecified atom stereocenters. The van der Waals surface area contributed by atoms with E-state index in [-0.39, 0.29) is 5.56 Å².